The van der Waals surface area contributed by atoms with Crippen LogP contribution in [0.25, 0.3) is 0 Å². The Balaban J connectivity index is 2.51. The number of hydrogen-bond acceptors (Lipinski definition) is 1. The molecule has 0 aromatic heterocycles. The molecule has 1 aromatic carbocycles. The lowest BCUT2D eigenvalue weighted by Crippen LogP contribution is -2.22. The van der Waals surface area contributed by atoms with Crippen LogP contribution in [0, 0.1) is 5.92 Å². The SMILES string of the molecule is CCC(N)CC(C)Cc1ccc(C(C)C)cc1. The molecule has 2 N–H and O–H groups in total. The Hall–Kier alpha value is -0.820. The highest BCUT2D eigenvalue weighted by atomic mass is 14.6. The molecule has 0 saturated heterocycles. The summed E-state index contributed by atoms with van der Waals surface area (Å²) in [6, 6.07) is 9.41. The fourth-order valence-corrected chi connectivity index (χ4v) is 2.21. The summed E-state index contributed by atoms with van der Waals surface area (Å²) >= 11 is 0. The quantitative estimate of drug-likeness (QED) is 0.786. The van der Waals surface area contributed by atoms with Crippen LogP contribution in [-0.4, -0.2) is 6.04 Å². The Morgan fingerprint density at radius 2 is 1.65 bits per heavy atom. The van der Waals surface area contributed by atoms with Gasteiger partial charge in [0, 0.05) is 6.04 Å². The largest absolute Gasteiger partial charge is 0.328 e. The van der Waals surface area contributed by atoms with Crippen molar-refractivity contribution in [2.75, 3.05) is 0 Å². The van der Waals surface area contributed by atoms with Crippen LogP contribution in [0.5, 0.6) is 0 Å². The second-order valence-corrected chi connectivity index (χ2v) is 5.61. The monoisotopic (exact) mass is 233 g/mol. The minimum Gasteiger partial charge on any atom is -0.328 e. The third-order valence-corrected chi connectivity index (χ3v) is 3.46. The third kappa shape index (κ3) is 4.91. The summed E-state index contributed by atoms with van der Waals surface area (Å²) in [5.41, 5.74) is 8.85. The molecule has 0 radical (unpaired) electrons. The molecule has 0 aliphatic carbocycles. The normalized spacial score (nSPS) is 14.9. The molecular weight excluding hydrogens is 206 g/mol. The molecule has 2 atom stereocenters. The summed E-state index contributed by atoms with van der Waals surface area (Å²) in [7, 11) is 0. The van der Waals surface area contributed by atoms with Gasteiger partial charge in [0.25, 0.3) is 0 Å². The summed E-state index contributed by atoms with van der Waals surface area (Å²) < 4.78 is 0. The average Bonchev–Trinajstić information content (AvgIpc) is 2.29. The highest BCUT2D eigenvalue weighted by Gasteiger charge is 2.08. The van der Waals surface area contributed by atoms with Gasteiger partial charge in [0.2, 0.25) is 0 Å². The zero-order valence-electron chi connectivity index (χ0n) is 11.7. The first kappa shape index (κ1) is 14.2. The van der Waals surface area contributed by atoms with E-state index < -0.39 is 0 Å². The zero-order valence-corrected chi connectivity index (χ0v) is 11.7. The van der Waals surface area contributed by atoms with E-state index in [0.29, 0.717) is 17.9 Å². The Morgan fingerprint density at radius 1 is 1.06 bits per heavy atom. The summed E-state index contributed by atoms with van der Waals surface area (Å²) in [6.45, 7) is 8.93. The van der Waals surface area contributed by atoms with Gasteiger partial charge < -0.3 is 5.73 Å². The topological polar surface area (TPSA) is 26.0 Å². The smallest absolute Gasteiger partial charge is 0.00388 e. The first-order valence-corrected chi connectivity index (χ1v) is 6.87. The van der Waals surface area contributed by atoms with Crippen LogP contribution in [0.1, 0.15) is 57.6 Å². The fourth-order valence-electron chi connectivity index (χ4n) is 2.21. The fraction of sp³-hybridized carbons (Fsp3) is 0.625. The average molecular weight is 233 g/mol. The predicted molar refractivity (Wildman–Crippen MR) is 76.3 cm³/mol. The van der Waals surface area contributed by atoms with E-state index in [1.807, 2.05) is 0 Å². The molecule has 0 aliphatic rings. The van der Waals surface area contributed by atoms with Gasteiger partial charge in [-0.15, -0.1) is 0 Å². The minimum atomic E-state index is 0.361. The lowest BCUT2D eigenvalue weighted by Gasteiger charge is -2.16. The number of rotatable bonds is 6. The van der Waals surface area contributed by atoms with Gasteiger partial charge in [-0.2, -0.15) is 0 Å². The van der Waals surface area contributed by atoms with Crippen LogP contribution in [0.2, 0.25) is 0 Å². The molecule has 2 unspecified atom stereocenters. The second-order valence-electron chi connectivity index (χ2n) is 5.61. The maximum Gasteiger partial charge on any atom is 0.00388 e. The van der Waals surface area contributed by atoms with Crippen LogP contribution in [0.3, 0.4) is 0 Å². The molecule has 0 heterocycles. The molecule has 1 nitrogen and oxygen atoms in total. The molecule has 1 rings (SSSR count). The van der Waals surface area contributed by atoms with Crippen LogP contribution >= 0.6 is 0 Å². The van der Waals surface area contributed by atoms with E-state index in [2.05, 4.69) is 52.0 Å². The maximum absolute atomic E-state index is 5.99. The highest BCUT2D eigenvalue weighted by Crippen LogP contribution is 2.18. The first-order valence-electron chi connectivity index (χ1n) is 6.87. The number of benzene rings is 1. The van der Waals surface area contributed by atoms with Crippen LogP contribution in [0.15, 0.2) is 24.3 Å². The lowest BCUT2D eigenvalue weighted by atomic mass is 9.92. The zero-order chi connectivity index (χ0) is 12.8. The van der Waals surface area contributed by atoms with Crippen molar-refractivity contribution in [3.05, 3.63) is 35.4 Å². The Labute approximate surface area is 106 Å². The molecule has 0 saturated carbocycles. The maximum atomic E-state index is 5.99. The molecule has 96 valence electrons. The van der Waals surface area contributed by atoms with Gasteiger partial charge >= 0.3 is 0 Å². The molecule has 0 spiro atoms. The van der Waals surface area contributed by atoms with Crippen molar-refractivity contribution in [1.82, 2.24) is 0 Å². The highest BCUT2D eigenvalue weighted by molar-refractivity contribution is 5.24. The van der Waals surface area contributed by atoms with E-state index in [1.165, 1.54) is 11.1 Å². The van der Waals surface area contributed by atoms with Gasteiger partial charge in [-0.25, -0.2) is 0 Å². The Morgan fingerprint density at radius 3 is 2.12 bits per heavy atom. The van der Waals surface area contributed by atoms with Crippen molar-refractivity contribution in [1.29, 1.82) is 0 Å². The van der Waals surface area contributed by atoms with Crippen molar-refractivity contribution in [2.45, 2.75) is 58.9 Å². The predicted octanol–water partition coefficient (Wildman–Crippen LogP) is 4.12. The van der Waals surface area contributed by atoms with E-state index in [9.17, 15) is 0 Å². The van der Waals surface area contributed by atoms with Crippen molar-refractivity contribution >= 4 is 0 Å². The summed E-state index contributed by atoms with van der Waals surface area (Å²) in [5.74, 6) is 1.30. The van der Waals surface area contributed by atoms with Crippen molar-refractivity contribution < 1.29 is 0 Å². The van der Waals surface area contributed by atoms with Crippen molar-refractivity contribution in [2.24, 2.45) is 11.7 Å². The number of nitrogens with two attached hydrogens (primary N) is 1. The Kier molecular flexibility index (Phi) is 5.70. The summed E-state index contributed by atoms with van der Waals surface area (Å²) in [6.07, 6.45) is 3.35. The van der Waals surface area contributed by atoms with Crippen LogP contribution in [0.4, 0.5) is 0 Å². The number of hydrogen-bond donors (Lipinski definition) is 1. The standard InChI is InChI=1S/C16H27N/c1-5-16(17)11-13(4)10-14-6-8-15(9-7-14)12(2)3/h6-9,12-13,16H,5,10-11,17H2,1-4H3. The summed E-state index contributed by atoms with van der Waals surface area (Å²) in [4.78, 5) is 0. The van der Waals surface area contributed by atoms with E-state index in [1.54, 1.807) is 0 Å². The third-order valence-electron chi connectivity index (χ3n) is 3.46. The molecular formula is C16H27N. The van der Waals surface area contributed by atoms with Gasteiger partial charge in [0.05, 0.1) is 0 Å². The van der Waals surface area contributed by atoms with Crippen molar-refractivity contribution in [3.63, 3.8) is 0 Å². The van der Waals surface area contributed by atoms with Gasteiger partial charge in [-0.3, -0.25) is 0 Å². The lowest BCUT2D eigenvalue weighted by molar-refractivity contribution is 0.453. The van der Waals surface area contributed by atoms with Gasteiger partial charge in [0.15, 0.2) is 0 Å². The molecule has 1 aromatic rings. The van der Waals surface area contributed by atoms with Crippen molar-refractivity contribution in [3.8, 4) is 0 Å². The molecule has 0 bridgehead atoms. The minimum absolute atomic E-state index is 0.361. The molecule has 0 fully saturated rings. The summed E-state index contributed by atoms with van der Waals surface area (Å²) in [5, 5.41) is 0. The first-order chi connectivity index (χ1) is 8.02. The molecule has 0 amide bonds. The van der Waals surface area contributed by atoms with E-state index in [4.69, 9.17) is 5.73 Å². The van der Waals surface area contributed by atoms with Gasteiger partial charge in [0.1, 0.15) is 0 Å². The van der Waals surface area contributed by atoms with Gasteiger partial charge in [-0.05, 0) is 42.2 Å². The molecule has 17 heavy (non-hydrogen) atoms. The molecule has 0 aliphatic heterocycles. The van der Waals surface area contributed by atoms with E-state index in [0.717, 1.165) is 19.3 Å². The van der Waals surface area contributed by atoms with E-state index >= 15 is 0 Å². The van der Waals surface area contributed by atoms with Gasteiger partial charge in [-0.1, -0.05) is 52.0 Å². The Bertz CT molecular complexity index is 313. The van der Waals surface area contributed by atoms with Crippen LogP contribution < -0.4 is 5.73 Å². The van der Waals surface area contributed by atoms with E-state index in [-0.39, 0.29) is 0 Å². The second kappa shape index (κ2) is 6.80. The molecule has 1 heteroatoms. The van der Waals surface area contributed by atoms with Crippen LogP contribution in [-0.2, 0) is 6.42 Å².